The summed E-state index contributed by atoms with van der Waals surface area (Å²) in [5, 5.41) is 1.54. The molecule has 4 rings (SSSR count). The summed E-state index contributed by atoms with van der Waals surface area (Å²) in [4.78, 5) is 7.41. The molecule has 1 aromatic carbocycles. The van der Waals surface area contributed by atoms with Gasteiger partial charge in [0.05, 0.1) is 23.5 Å². The molecule has 2 aromatic heterocycles. The first-order valence-corrected chi connectivity index (χ1v) is 12.2. The van der Waals surface area contributed by atoms with Gasteiger partial charge >= 0.3 is 0 Å². The Bertz CT molecular complexity index is 1090. The van der Waals surface area contributed by atoms with E-state index in [0.717, 1.165) is 37.8 Å². The zero-order chi connectivity index (χ0) is 21.1. The van der Waals surface area contributed by atoms with Crippen LogP contribution in [-0.4, -0.2) is 29.6 Å². The minimum Gasteiger partial charge on any atom is -0.492 e. The van der Waals surface area contributed by atoms with Crippen LogP contribution in [0.1, 0.15) is 31.7 Å². The van der Waals surface area contributed by atoms with Crippen molar-refractivity contribution >= 4 is 38.8 Å². The van der Waals surface area contributed by atoms with Gasteiger partial charge in [-0.3, -0.25) is 4.72 Å². The van der Waals surface area contributed by atoms with Crippen LogP contribution in [0, 0.1) is 11.7 Å². The van der Waals surface area contributed by atoms with E-state index in [9.17, 15) is 12.8 Å². The fourth-order valence-electron chi connectivity index (χ4n) is 3.72. The first-order valence-electron chi connectivity index (χ1n) is 9.44. The summed E-state index contributed by atoms with van der Waals surface area (Å²) in [7, 11) is -4.16. The summed E-state index contributed by atoms with van der Waals surface area (Å²) in [6.45, 7) is 0.352. The normalized spacial score (nSPS) is 19.5. The molecule has 0 amide bonds. The van der Waals surface area contributed by atoms with Crippen LogP contribution in [0.2, 0.25) is 5.02 Å². The molecule has 160 valence electrons. The standard InChI is InChI=1S/C19H20ClFN4O3S2/c20-14-7-18(30(26,27)24-19-10-29-12-23-19)15(21)8-17(14)28-9-13-3-1-2-4-16(13)25-6-5-22-11-25/h5-8,10-13,16,24H,1-4,9H2/t13?,16-/m0/s1. The smallest absolute Gasteiger partial charge is 0.266 e. The predicted octanol–water partition coefficient (Wildman–Crippen LogP) is 4.74. The lowest BCUT2D eigenvalue weighted by Crippen LogP contribution is -2.27. The molecule has 0 saturated heterocycles. The van der Waals surface area contributed by atoms with E-state index < -0.39 is 20.7 Å². The van der Waals surface area contributed by atoms with Gasteiger partial charge in [0.1, 0.15) is 16.5 Å². The topological polar surface area (TPSA) is 86.1 Å². The molecule has 0 bridgehead atoms. The van der Waals surface area contributed by atoms with Gasteiger partial charge in [-0.1, -0.05) is 24.4 Å². The highest BCUT2D eigenvalue weighted by Gasteiger charge is 2.28. The lowest BCUT2D eigenvalue weighted by atomic mass is 9.85. The largest absolute Gasteiger partial charge is 0.492 e. The Kier molecular flexibility index (Phi) is 6.26. The number of sulfonamides is 1. The number of nitrogens with zero attached hydrogens (tertiary/aromatic N) is 3. The fourth-order valence-corrected chi connectivity index (χ4v) is 5.65. The number of imidazole rings is 1. The van der Waals surface area contributed by atoms with Crippen LogP contribution in [0.15, 0.2) is 46.6 Å². The zero-order valence-electron chi connectivity index (χ0n) is 15.9. The number of nitrogens with one attached hydrogen (secondary N) is 1. The average molecular weight is 471 g/mol. The van der Waals surface area contributed by atoms with Crippen molar-refractivity contribution in [3.63, 3.8) is 0 Å². The molecule has 11 heteroatoms. The Morgan fingerprint density at radius 3 is 2.90 bits per heavy atom. The summed E-state index contributed by atoms with van der Waals surface area (Å²) in [5.41, 5.74) is 1.47. The molecular weight excluding hydrogens is 451 g/mol. The number of thiazole rings is 1. The van der Waals surface area contributed by atoms with E-state index in [4.69, 9.17) is 16.3 Å². The first-order chi connectivity index (χ1) is 14.4. The van der Waals surface area contributed by atoms with Gasteiger partial charge in [-0.05, 0) is 18.9 Å². The van der Waals surface area contributed by atoms with Crippen molar-refractivity contribution < 1.29 is 17.5 Å². The van der Waals surface area contributed by atoms with Crippen LogP contribution in [0.4, 0.5) is 10.2 Å². The first kappa shape index (κ1) is 21.1. The number of ether oxygens (including phenoxy) is 1. The molecule has 30 heavy (non-hydrogen) atoms. The van der Waals surface area contributed by atoms with Gasteiger partial charge in [0, 0.05) is 35.8 Å². The quantitative estimate of drug-likeness (QED) is 0.538. The van der Waals surface area contributed by atoms with E-state index in [-0.39, 0.29) is 28.5 Å². The number of anilines is 1. The maximum atomic E-state index is 14.6. The summed E-state index contributed by atoms with van der Waals surface area (Å²) in [6, 6.07) is 2.34. The van der Waals surface area contributed by atoms with Gasteiger partial charge in [0.25, 0.3) is 10.0 Å². The number of benzene rings is 1. The predicted molar refractivity (Wildman–Crippen MR) is 113 cm³/mol. The molecule has 1 N–H and O–H groups in total. The van der Waals surface area contributed by atoms with E-state index in [1.807, 2.05) is 6.20 Å². The lowest BCUT2D eigenvalue weighted by Gasteiger charge is -2.32. The number of hydrogen-bond donors (Lipinski definition) is 1. The molecule has 7 nitrogen and oxygen atoms in total. The molecule has 2 atom stereocenters. The van der Waals surface area contributed by atoms with Crippen molar-refractivity contribution in [2.45, 2.75) is 36.6 Å². The van der Waals surface area contributed by atoms with Crippen molar-refractivity contribution in [2.75, 3.05) is 11.3 Å². The molecule has 0 aliphatic heterocycles. The molecule has 3 aromatic rings. The molecule has 0 spiro atoms. The Balaban J connectivity index is 1.49. The molecule has 0 radical (unpaired) electrons. The van der Waals surface area contributed by atoms with Crippen LogP contribution in [0.25, 0.3) is 0 Å². The Labute approximate surface area is 182 Å². The van der Waals surface area contributed by atoms with Crippen LogP contribution in [-0.2, 0) is 10.0 Å². The molecule has 1 unspecified atom stereocenters. The van der Waals surface area contributed by atoms with E-state index >= 15 is 0 Å². The van der Waals surface area contributed by atoms with Gasteiger partial charge in [0.2, 0.25) is 0 Å². The Morgan fingerprint density at radius 1 is 1.33 bits per heavy atom. The highest BCUT2D eigenvalue weighted by atomic mass is 35.5. The zero-order valence-corrected chi connectivity index (χ0v) is 18.3. The highest BCUT2D eigenvalue weighted by Crippen LogP contribution is 2.36. The second-order valence-corrected chi connectivity index (χ2v) is 9.90. The number of rotatable bonds is 7. The third-order valence-electron chi connectivity index (χ3n) is 5.18. The van der Waals surface area contributed by atoms with Crippen molar-refractivity contribution in [1.82, 2.24) is 14.5 Å². The monoisotopic (exact) mass is 470 g/mol. The van der Waals surface area contributed by atoms with Gasteiger partial charge < -0.3 is 9.30 Å². The van der Waals surface area contributed by atoms with Crippen LogP contribution in [0.3, 0.4) is 0 Å². The number of hydrogen-bond acceptors (Lipinski definition) is 6. The van der Waals surface area contributed by atoms with Crippen LogP contribution < -0.4 is 9.46 Å². The fraction of sp³-hybridized carbons (Fsp3) is 0.368. The third-order valence-corrected chi connectivity index (χ3v) is 7.43. The summed E-state index contributed by atoms with van der Waals surface area (Å²) < 4.78 is 49.7. The molecule has 2 heterocycles. The maximum absolute atomic E-state index is 14.6. The lowest BCUT2D eigenvalue weighted by molar-refractivity contribution is 0.152. The van der Waals surface area contributed by atoms with Gasteiger partial charge in [-0.15, -0.1) is 11.3 Å². The minimum atomic E-state index is -4.16. The van der Waals surface area contributed by atoms with E-state index in [1.54, 1.807) is 12.5 Å². The second-order valence-electron chi connectivity index (χ2n) is 7.13. The SMILES string of the molecule is O=S(=O)(Nc1cscn1)c1cc(Cl)c(OCC2CCCC[C@@H]2n2ccnc2)cc1F. The Morgan fingerprint density at radius 2 is 2.17 bits per heavy atom. The highest BCUT2D eigenvalue weighted by molar-refractivity contribution is 7.92. The molecular formula is C19H20ClFN4O3S2. The summed E-state index contributed by atoms with van der Waals surface area (Å²) >= 11 is 7.45. The number of halogens is 2. The van der Waals surface area contributed by atoms with Gasteiger partial charge in [-0.2, -0.15) is 0 Å². The van der Waals surface area contributed by atoms with E-state index in [1.165, 1.54) is 22.2 Å². The minimum absolute atomic E-state index is 0.0324. The summed E-state index contributed by atoms with van der Waals surface area (Å²) in [5.74, 6) is -0.468. The van der Waals surface area contributed by atoms with Crippen molar-refractivity contribution in [2.24, 2.45) is 5.92 Å². The van der Waals surface area contributed by atoms with E-state index in [0.29, 0.717) is 6.61 Å². The van der Waals surface area contributed by atoms with Gasteiger partial charge in [-0.25, -0.2) is 22.8 Å². The van der Waals surface area contributed by atoms with Crippen molar-refractivity contribution in [3.8, 4) is 5.75 Å². The molecule has 1 fully saturated rings. The number of aromatic nitrogens is 3. The van der Waals surface area contributed by atoms with E-state index in [2.05, 4.69) is 19.3 Å². The third kappa shape index (κ3) is 4.60. The molecule has 1 aliphatic rings. The van der Waals surface area contributed by atoms with Crippen LogP contribution in [0.5, 0.6) is 5.75 Å². The summed E-state index contributed by atoms with van der Waals surface area (Å²) in [6.07, 6.45) is 9.71. The van der Waals surface area contributed by atoms with Crippen molar-refractivity contribution in [1.29, 1.82) is 0 Å². The van der Waals surface area contributed by atoms with Crippen LogP contribution >= 0.6 is 22.9 Å². The average Bonchev–Trinajstić information content (AvgIpc) is 3.42. The second kappa shape index (κ2) is 8.91. The molecule has 1 saturated carbocycles. The maximum Gasteiger partial charge on any atom is 0.266 e. The molecule has 1 aliphatic carbocycles. The Hall–Kier alpha value is -2.17. The van der Waals surface area contributed by atoms with Crippen molar-refractivity contribution in [3.05, 3.63) is 52.6 Å². The van der Waals surface area contributed by atoms with Gasteiger partial charge in [0.15, 0.2) is 5.82 Å².